The van der Waals surface area contributed by atoms with Crippen LogP contribution in [0.5, 0.6) is 0 Å². The van der Waals surface area contributed by atoms with E-state index in [2.05, 4.69) is 160 Å². The number of nitrogens with two attached hydrogens (primary N) is 1. The van der Waals surface area contributed by atoms with Gasteiger partial charge in [-0.2, -0.15) is 0 Å². The van der Waals surface area contributed by atoms with E-state index in [1.54, 1.807) is 0 Å². The highest BCUT2D eigenvalue weighted by Gasteiger charge is 2.26. The van der Waals surface area contributed by atoms with Crippen molar-refractivity contribution in [2.24, 2.45) is 5.73 Å². The van der Waals surface area contributed by atoms with Gasteiger partial charge in [0.1, 0.15) is 6.61 Å². The van der Waals surface area contributed by atoms with Gasteiger partial charge in [0.15, 0.2) is 6.10 Å². The molecule has 0 aliphatic heterocycles. The number of rotatable bonds is 69. The number of hydrogen-bond acceptors (Lipinski definition) is 8. The molecule has 91 heavy (non-hydrogen) atoms. The van der Waals surface area contributed by atoms with E-state index in [4.69, 9.17) is 24.3 Å². The summed E-state index contributed by atoms with van der Waals surface area (Å²) in [6.45, 7) is 3.54. The smallest absolute Gasteiger partial charge is 0.462 e. The molecule has 0 saturated carbocycles. The summed E-state index contributed by atoms with van der Waals surface area (Å²) in [4.78, 5) is 35.4. The number of carbonyl (C=O) groups excluding carboxylic acids is 2. The summed E-state index contributed by atoms with van der Waals surface area (Å²) in [7, 11) is -4.40. The fraction of sp³-hybridized carbons (Fsp3) is 0.679. The second-order valence-corrected chi connectivity index (χ2v) is 25.9. The number of ether oxygens (including phenoxy) is 2. The third-order valence-corrected chi connectivity index (χ3v) is 16.7. The molecule has 0 heterocycles. The molecule has 0 aromatic rings. The number of hydrogen-bond donors (Lipinski definition) is 2. The minimum Gasteiger partial charge on any atom is -0.462 e. The summed E-state index contributed by atoms with van der Waals surface area (Å²) >= 11 is 0. The Kier molecular flexibility index (Phi) is 71.5. The average Bonchev–Trinajstić information content (AvgIpc) is 3.74. The number of phosphoric ester groups is 1. The van der Waals surface area contributed by atoms with Crippen LogP contribution in [0.4, 0.5) is 0 Å². The predicted molar refractivity (Wildman–Crippen MR) is 394 cm³/mol. The Balaban J connectivity index is 3.85. The number of unbranched alkanes of at least 4 members (excludes halogenated alkanes) is 32. The van der Waals surface area contributed by atoms with Gasteiger partial charge in [-0.05, 0) is 116 Å². The van der Waals surface area contributed by atoms with Gasteiger partial charge in [0.2, 0.25) is 0 Å². The Morgan fingerprint density at radius 1 is 0.330 bits per heavy atom. The van der Waals surface area contributed by atoms with Crippen LogP contribution in [0.15, 0.2) is 146 Å². The Labute approximate surface area is 560 Å². The molecule has 2 atom stereocenters. The summed E-state index contributed by atoms with van der Waals surface area (Å²) in [5.41, 5.74) is 5.41. The molecule has 0 aliphatic carbocycles. The fourth-order valence-corrected chi connectivity index (χ4v) is 11.1. The van der Waals surface area contributed by atoms with E-state index < -0.39 is 26.5 Å². The van der Waals surface area contributed by atoms with Gasteiger partial charge in [0.25, 0.3) is 0 Å². The van der Waals surface area contributed by atoms with Gasteiger partial charge < -0.3 is 20.1 Å². The molecule has 2 unspecified atom stereocenters. The van der Waals surface area contributed by atoms with Crippen LogP contribution < -0.4 is 5.73 Å². The lowest BCUT2D eigenvalue weighted by Gasteiger charge is -2.19. The van der Waals surface area contributed by atoms with Crippen molar-refractivity contribution in [3.63, 3.8) is 0 Å². The van der Waals surface area contributed by atoms with Crippen molar-refractivity contribution in [3.05, 3.63) is 146 Å². The second-order valence-electron chi connectivity index (χ2n) is 24.4. The fourth-order valence-electron chi connectivity index (χ4n) is 10.3. The van der Waals surface area contributed by atoms with E-state index >= 15 is 0 Å². The summed E-state index contributed by atoms with van der Waals surface area (Å²) < 4.78 is 33.2. The van der Waals surface area contributed by atoms with Gasteiger partial charge in [0.05, 0.1) is 13.2 Å². The molecular formula is C81H138NO8P. The summed E-state index contributed by atoms with van der Waals surface area (Å²) in [5.74, 6) is -0.823. The van der Waals surface area contributed by atoms with E-state index in [0.29, 0.717) is 6.42 Å². The third-order valence-electron chi connectivity index (χ3n) is 15.7. The number of allylic oxidation sites excluding steroid dienone is 24. The molecule has 0 amide bonds. The van der Waals surface area contributed by atoms with Crippen LogP contribution in [0.1, 0.15) is 322 Å². The highest BCUT2D eigenvalue weighted by Crippen LogP contribution is 2.43. The largest absolute Gasteiger partial charge is 0.472 e. The zero-order chi connectivity index (χ0) is 65.8. The van der Waals surface area contributed by atoms with Gasteiger partial charge in [-0.15, -0.1) is 0 Å². The normalized spacial score (nSPS) is 13.8. The van der Waals surface area contributed by atoms with Gasteiger partial charge in [-0.1, -0.05) is 339 Å². The first-order valence-electron chi connectivity index (χ1n) is 37.3. The van der Waals surface area contributed by atoms with Crippen molar-refractivity contribution in [3.8, 4) is 0 Å². The van der Waals surface area contributed by atoms with Gasteiger partial charge >= 0.3 is 19.8 Å². The standard InChI is InChI=1S/C81H138NO8P/c1-3-5-7-9-11-13-15-17-19-21-23-25-27-29-31-33-34-35-36-37-38-39-40-41-42-43-44-46-48-50-52-54-56-58-60-62-64-66-68-70-72-74-81(84)90-79(78-89-91(85,86)88-76-75-82)77-87-80(83)73-71-69-67-65-63-61-59-57-55-53-51-49-47-45-32-30-28-26-24-22-20-18-16-14-12-10-8-6-4-2/h5-8,11-14,17-20,23-26,29-32,34-35,37-38,79H,3-4,9-10,15-16,21-22,27-28,33,36,39-78,82H2,1-2H3,(H,85,86)/b7-5-,8-6-,13-11-,14-12-,19-17-,20-18-,25-23-,26-24-,31-29-,32-30-,35-34-,38-37-. The molecule has 0 saturated heterocycles. The van der Waals surface area contributed by atoms with Crippen molar-refractivity contribution >= 4 is 19.8 Å². The van der Waals surface area contributed by atoms with E-state index in [-0.39, 0.29) is 38.6 Å². The molecule has 0 aromatic heterocycles. The molecule has 0 fully saturated rings. The molecule has 3 N–H and O–H groups in total. The van der Waals surface area contributed by atoms with Crippen molar-refractivity contribution in [2.45, 2.75) is 328 Å². The number of phosphoric acid groups is 1. The van der Waals surface area contributed by atoms with Crippen LogP contribution in [0.3, 0.4) is 0 Å². The van der Waals surface area contributed by atoms with Crippen LogP contribution >= 0.6 is 7.82 Å². The van der Waals surface area contributed by atoms with Crippen molar-refractivity contribution in [1.82, 2.24) is 0 Å². The lowest BCUT2D eigenvalue weighted by molar-refractivity contribution is -0.161. The molecular weight excluding hydrogens is 1150 g/mol. The maximum atomic E-state index is 12.8. The van der Waals surface area contributed by atoms with Crippen LogP contribution in [0.25, 0.3) is 0 Å². The van der Waals surface area contributed by atoms with Crippen LogP contribution in [-0.2, 0) is 32.7 Å². The van der Waals surface area contributed by atoms with E-state index in [9.17, 15) is 19.0 Å². The lowest BCUT2D eigenvalue weighted by Crippen LogP contribution is -2.29. The van der Waals surface area contributed by atoms with Gasteiger partial charge in [-0.3, -0.25) is 18.6 Å². The lowest BCUT2D eigenvalue weighted by atomic mass is 10.0. The molecule has 0 bridgehead atoms. The Morgan fingerprint density at radius 3 is 0.846 bits per heavy atom. The number of esters is 2. The summed E-state index contributed by atoms with van der Waals surface area (Å²) in [6, 6.07) is 0. The molecule has 9 nitrogen and oxygen atoms in total. The number of carbonyl (C=O) groups is 2. The van der Waals surface area contributed by atoms with E-state index in [1.807, 2.05) is 0 Å². The molecule has 0 rings (SSSR count). The first-order chi connectivity index (χ1) is 44.8. The van der Waals surface area contributed by atoms with Crippen molar-refractivity contribution in [2.75, 3.05) is 26.4 Å². The second kappa shape index (κ2) is 74.9. The zero-order valence-electron chi connectivity index (χ0n) is 58.5. The first-order valence-corrected chi connectivity index (χ1v) is 38.8. The molecule has 0 aliphatic rings. The Hall–Kier alpha value is -4.11. The Bertz CT molecular complexity index is 2010. The van der Waals surface area contributed by atoms with E-state index in [1.165, 1.54) is 173 Å². The van der Waals surface area contributed by atoms with Crippen molar-refractivity contribution < 1.29 is 37.6 Å². The molecule has 10 heteroatoms. The third kappa shape index (κ3) is 74.8. The average molecular weight is 1280 g/mol. The quantitative estimate of drug-likeness (QED) is 0.0264. The summed E-state index contributed by atoms with van der Waals surface area (Å²) in [5, 5.41) is 0. The zero-order valence-corrected chi connectivity index (χ0v) is 59.4. The van der Waals surface area contributed by atoms with Gasteiger partial charge in [-0.25, -0.2) is 4.57 Å². The van der Waals surface area contributed by atoms with Crippen LogP contribution in [-0.4, -0.2) is 49.3 Å². The van der Waals surface area contributed by atoms with Crippen molar-refractivity contribution in [1.29, 1.82) is 0 Å². The SMILES string of the molecule is CC/C=C\C/C=C\C/C=C\C/C=C\C/C=C\C/C=C\C/C=C\CCCCCCCCCCCCCCCCCCCCCC(=O)OC(COC(=O)CCCCCCCCCCCCCCC/C=C\C/C=C\C/C=C\C/C=C\C/C=C\CC)COP(=O)(O)OCCN. The molecule has 520 valence electrons. The maximum absolute atomic E-state index is 12.8. The molecule has 0 radical (unpaired) electrons. The topological polar surface area (TPSA) is 134 Å². The molecule has 0 spiro atoms. The monoisotopic (exact) mass is 1280 g/mol. The predicted octanol–water partition coefficient (Wildman–Crippen LogP) is 25.0. The highest BCUT2D eigenvalue weighted by atomic mass is 31.2. The van der Waals surface area contributed by atoms with Crippen LogP contribution in [0, 0.1) is 0 Å². The van der Waals surface area contributed by atoms with Gasteiger partial charge in [0, 0.05) is 19.4 Å². The minimum absolute atomic E-state index is 0.0494. The summed E-state index contributed by atoms with van der Waals surface area (Å²) in [6.07, 6.45) is 108. The van der Waals surface area contributed by atoms with E-state index in [0.717, 1.165) is 116 Å². The highest BCUT2D eigenvalue weighted by molar-refractivity contribution is 7.47. The minimum atomic E-state index is -4.40. The maximum Gasteiger partial charge on any atom is 0.472 e. The Morgan fingerprint density at radius 2 is 0.571 bits per heavy atom. The van der Waals surface area contributed by atoms with Crippen LogP contribution in [0.2, 0.25) is 0 Å². The first kappa shape index (κ1) is 86.9. The molecule has 0 aromatic carbocycles.